The van der Waals surface area contributed by atoms with E-state index in [0.29, 0.717) is 38.2 Å². The molecule has 0 unspecified atom stereocenters. The smallest absolute Gasteiger partial charge is 0.136 e. The lowest BCUT2D eigenvalue weighted by Crippen LogP contribution is -1.91. The van der Waals surface area contributed by atoms with Crippen molar-refractivity contribution in [1.82, 2.24) is 0 Å². The van der Waals surface area contributed by atoms with Crippen molar-refractivity contribution in [3.63, 3.8) is 0 Å². The number of furan rings is 1. The zero-order chi connectivity index (χ0) is 39.6. The zero-order valence-corrected chi connectivity index (χ0v) is 22.4. The molecule has 0 fully saturated rings. The zero-order valence-electron chi connectivity index (χ0n) is 35.4. The second kappa shape index (κ2) is 9.44. The molecule has 0 saturated heterocycles. The van der Waals surface area contributed by atoms with Crippen molar-refractivity contribution in [2.24, 2.45) is 0 Å². The Morgan fingerprint density at radius 3 is 1.65 bits per heavy atom. The fraction of sp³-hybridized carbons (Fsp3) is 0. The minimum atomic E-state index is -0.566. The fourth-order valence-electron chi connectivity index (χ4n) is 5.84. The van der Waals surface area contributed by atoms with Gasteiger partial charge in [-0.1, -0.05) is 127 Å². The SMILES string of the molecule is [2H]c1c(-c2c3ccccc3c(-c3c([2H])c([2H])c4c([2H])c([2H])c([2H])c([2H])c4c3[2H])c3ccccc23)c([2H])c2c(oc3c([2H])c(-c4ccccc4)c([2H])c([2H])c32)c1[2H]. The third kappa shape index (κ3) is 3.79. The van der Waals surface area contributed by atoms with Gasteiger partial charge in [0.2, 0.25) is 0 Å². The van der Waals surface area contributed by atoms with Crippen molar-refractivity contribution in [3.8, 4) is 33.4 Å². The number of hydrogen-bond donors (Lipinski definition) is 0. The molecule has 8 aromatic carbocycles. The van der Waals surface area contributed by atoms with E-state index in [2.05, 4.69) is 0 Å². The summed E-state index contributed by atoms with van der Waals surface area (Å²) in [7, 11) is 0. The maximum absolute atomic E-state index is 9.68. The summed E-state index contributed by atoms with van der Waals surface area (Å²) in [5.41, 5.74) is 1.19. The van der Waals surface area contributed by atoms with Gasteiger partial charge in [0.25, 0.3) is 0 Å². The highest BCUT2D eigenvalue weighted by Gasteiger charge is 2.18. The molecule has 1 heteroatoms. The molecule has 0 radical (unpaired) electrons. The van der Waals surface area contributed by atoms with Crippen LogP contribution in [0.1, 0.15) is 17.8 Å². The Bertz CT molecular complexity index is 3170. The van der Waals surface area contributed by atoms with Crippen LogP contribution in [0, 0.1) is 0 Å². The van der Waals surface area contributed by atoms with Gasteiger partial charge in [-0.05, 0) is 95.9 Å². The Balaban J connectivity index is 1.43. The highest BCUT2D eigenvalue weighted by atomic mass is 16.3. The van der Waals surface area contributed by atoms with Crippen LogP contribution < -0.4 is 0 Å². The van der Waals surface area contributed by atoms with Crippen molar-refractivity contribution in [2.45, 2.75) is 0 Å². The minimum Gasteiger partial charge on any atom is -0.456 e. The lowest BCUT2D eigenvalue weighted by Gasteiger charge is -2.18. The quantitative estimate of drug-likeness (QED) is 0.196. The lowest BCUT2D eigenvalue weighted by molar-refractivity contribution is 0.669. The van der Waals surface area contributed by atoms with E-state index < -0.39 is 36.3 Å². The number of fused-ring (bicyclic) bond motifs is 6. The Labute approximate surface area is 267 Å². The monoisotopic (exact) mass is 559 g/mol. The molecule has 1 nitrogen and oxygen atoms in total. The van der Waals surface area contributed by atoms with Gasteiger partial charge in [0.15, 0.2) is 0 Å². The predicted molar refractivity (Wildman–Crippen MR) is 183 cm³/mol. The molecule has 0 saturated carbocycles. The summed E-state index contributed by atoms with van der Waals surface area (Å²) in [6, 6.07) is 17.6. The highest BCUT2D eigenvalue weighted by Crippen LogP contribution is 2.45. The topological polar surface area (TPSA) is 13.1 Å². The summed E-state index contributed by atoms with van der Waals surface area (Å²) >= 11 is 0. The highest BCUT2D eigenvalue weighted by molar-refractivity contribution is 6.22. The molecule has 9 rings (SSSR count). The Hall–Kier alpha value is -5.66. The molecule has 43 heavy (non-hydrogen) atoms. The second-order valence-corrected chi connectivity index (χ2v) is 10.2. The average Bonchev–Trinajstić information content (AvgIpc) is 3.62. The van der Waals surface area contributed by atoms with Crippen LogP contribution in [-0.2, 0) is 0 Å². The maximum atomic E-state index is 9.68. The molecular weight excluding hydrogens is 520 g/mol. The summed E-state index contributed by atoms with van der Waals surface area (Å²) in [4.78, 5) is 0. The van der Waals surface area contributed by atoms with Crippen LogP contribution in [0.15, 0.2) is 162 Å². The molecule has 0 aliphatic heterocycles. The largest absolute Gasteiger partial charge is 0.456 e. The summed E-state index contributed by atoms with van der Waals surface area (Å²) in [5.74, 6) is 0. The van der Waals surface area contributed by atoms with E-state index in [-0.39, 0.29) is 91.7 Å². The number of benzene rings is 8. The van der Waals surface area contributed by atoms with Crippen LogP contribution in [0.5, 0.6) is 0 Å². The summed E-state index contributed by atoms with van der Waals surface area (Å²) in [5, 5.41) is 1.47. The van der Waals surface area contributed by atoms with Gasteiger partial charge in [0.1, 0.15) is 11.2 Å². The fourth-order valence-corrected chi connectivity index (χ4v) is 5.84. The maximum Gasteiger partial charge on any atom is 0.136 e. The van der Waals surface area contributed by atoms with Crippen molar-refractivity contribution in [2.75, 3.05) is 0 Å². The molecule has 0 aliphatic rings. The molecule has 1 heterocycles. The predicted octanol–water partition coefficient (Wildman–Crippen LogP) is 12.0. The number of rotatable bonds is 3. The van der Waals surface area contributed by atoms with E-state index in [1.54, 1.807) is 78.9 Å². The molecule has 0 aliphatic carbocycles. The summed E-state index contributed by atoms with van der Waals surface area (Å²) in [6.07, 6.45) is 0. The molecule has 1 aromatic heterocycles. The van der Waals surface area contributed by atoms with Crippen LogP contribution in [0.3, 0.4) is 0 Å². The van der Waals surface area contributed by atoms with E-state index in [4.69, 9.17) is 15.4 Å². The van der Waals surface area contributed by atoms with Gasteiger partial charge in [0.05, 0.1) is 17.8 Å². The van der Waals surface area contributed by atoms with Crippen LogP contribution in [-0.4, -0.2) is 0 Å². The minimum absolute atomic E-state index is 0.0149. The van der Waals surface area contributed by atoms with Crippen molar-refractivity contribution < 1.29 is 22.2 Å². The molecule has 0 atom stereocenters. The normalized spacial score (nSPS) is 16.0. The molecular formula is C42H26O. The van der Waals surface area contributed by atoms with E-state index in [1.807, 2.05) is 0 Å². The van der Waals surface area contributed by atoms with Crippen molar-refractivity contribution in [1.29, 1.82) is 0 Å². The molecule has 0 amide bonds. The summed E-state index contributed by atoms with van der Waals surface area (Å²) < 4.78 is 123. The van der Waals surface area contributed by atoms with Gasteiger partial charge in [0, 0.05) is 10.8 Å². The third-order valence-corrected chi connectivity index (χ3v) is 7.75. The van der Waals surface area contributed by atoms with Crippen LogP contribution in [0.4, 0.5) is 0 Å². The Kier molecular flexibility index (Phi) is 3.18. The first kappa shape index (κ1) is 14.5. The van der Waals surface area contributed by atoms with Gasteiger partial charge in [-0.25, -0.2) is 0 Å². The van der Waals surface area contributed by atoms with Gasteiger partial charge >= 0.3 is 0 Å². The van der Waals surface area contributed by atoms with Crippen molar-refractivity contribution >= 4 is 54.3 Å². The molecule has 0 spiro atoms. The van der Waals surface area contributed by atoms with Crippen LogP contribution in [0.25, 0.3) is 87.6 Å². The van der Waals surface area contributed by atoms with Crippen LogP contribution >= 0.6 is 0 Å². The van der Waals surface area contributed by atoms with Gasteiger partial charge < -0.3 is 4.42 Å². The molecule has 0 N–H and O–H groups in total. The van der Waals surface area contributed by atoms with E-state index in [1.165, 1.54) is 0 Å². The van der Waals surface area contributed by atoms with E-state index >= 15 is 0 Å². The molecule has 200 valence electrons. The molecule has 0 bridgehead atoms. The molecule has 9 aromatic rings. The van der Waals surface area contributed by atoms with Crippen LogP contribution in [0.2, 0.25) is 0 Å². The van der Waals surface area contributed by atoms with Crippen molar-refractivity contribution in [3.05, 3.63) is 157 Å². The van der Waals surface area contributed by atoms with Gasteiger partial charge in [-0.3, -0.25) is 0 Å². The van der Waals surface area contributed by atoms with E-state index in [0.717, 1.165) is 0 Å². The third-order valence-electron chi connectivity index (χ3n) is 7.75. The first-order chi connectivity index (χ1) is 26.8. The Morgan fingerprint density at radius 2 is 0.953 bits per heavy atom. The Morgan fingerprint density at radius 1 is 0.372 bits per heavy atom. The lowest BCUT2D eigenvalue weighted by atomic mass is 9.85. The first-order valence-corrected chi connectivity index (χ1v) is 13.7. The van der Waals surface area contributed by atoms with Gasteiger partial charge in [-0.15, -0.1) is 0 Å². The standard InChI is InChI=1S/C42H26O/c1-2-10-27(11-3-1)30-20-22-33-38-25-32(21-23-39(38)43-40(33)26-30)42-36-16-8-6-14-34(36)41(35-15-7-9-17-37(35)42)31-19-18-28-12-4-5-13-29(28)24-31/h1-26H/i4D,5D,12D,13D,18D,19D,20D,21D,22D,23D,24D,25D,26D. The summed E-state index contributed by atoms with van der Waals surface area (Å²) in [6.45, 7) is 0. The number of hydrogen-bond acceptors (Lipinski definition) is 1. The first-order valence-electron chi connectivity index (χ1n) is 20.2. The second-order valence-electron chi connectivity index (χ2n) is 10.2. The van der Waals surface area contributed by atoms with E-state index in [9.17, 15) is 6.85 Å². The average molecular weight is 560 g/mol. The van der Waals surface area contributed by atoms with Gasteiger partial charge in [-0.2, -0.15) is 0 Å².